The summed E-state index contributed by atoms with van der Waals surface area (Å²) in [5, 5.41) is 15.8. The lowest BCUT2D eigenvalue weighted by Crippen LogP contribution is -2.27. The van der Waals surface area contributed by atoms with Crippen LogP contribution in [0.1, 0.15) is 49.0 Å². The highest BCUT2D eigenvalue weighted by molar-refractivity contribution is 8.18. The van der Waals surface area contributed by atoms with Crippen LogP contribution in [0.25, 0.3) is 6.08 Å². The van der Waals surface area contributed by atoms with Gasteiger partial charge in [0.25, 0.3) is 5.91 Å². The van der Waals surface area contributed by atoms with Crippen molar-refractivity contribution < 1.29 is 24.2 Å². The summed E-state index contributed by atoms with van der Waals surface area (Å²) >= 11 is 2.58. The molecular formula is C25H26N4O5S2. The van der Waals surface area contributed by atoms with Crippen molar-refractivity contribution in [2.24, 2.45) is 16.8 Å². The topological polar surface area (TPSA) is 130 Å². The molecule has 1 saturated heterocycles. The predicted octanol–water partition coefficient (Wildman–Crippen LogP) is 4.71. The van der Waals surface area contributed by atoms with Gasteiger partial charge in [0.05, 0.1) is 27.5 Å². The molecule has 1 aliphatic heterocycles. The second kappa shape index (κ2) is 10.4. The van der Waals surface area contributed by atoms with Gasteiger partial charge in [-0.05, 0) is 87.0 Å². The van der Waals surface area contributed by atoms with Crippen LogP contribution in [0.5, 0.6) is 5.75 Å². The number of aliphatic carboxylic acids is 1. The first-order valence-electron chi connectivity index (χ1n) is 11.9. The molecule has 5 rings (SSSR count). The SMILES string of the molecule is Cc1cc(OC2CCC(C(=O)O)CC2)ccc1/N=C1/NC(=O)/C(=C/c2cnc(NC(=O)C3CC3)s2)S1. The second-order valence-corrected chi connectivity index (χ2v) is 11.3. The molecule has 2 saturated carbocycles. The van der Waals surface area contributed by atoms with E-state index >= 15 is 0 Å². The van der Waals surface area contributed by atoms with Gasteiger partial charge in [0.2, 0.25) is 5.91 Å². The standard InChI is InChI=1S/C25H26N4O5S2/c1-13-10-17(34-16-6-4-15(5-7-16)23(32)33)8-9-19(13)27-25-29-22(31)20(36-25)11-18-12-26-24(35-18)28-21(30)14-2-3-14/h8-12,14-16H,2-7H2,1H3,(H,32,33)(H,26,28,30)(H,27,29,31)/b20-11-. The molecule has 0 atom stereocenters. The van der Waals surface area contributed by atoms with Crippen LogP contribution < -0.4 is 15.4 Å². The molecule has 0 unspecified atom stereocenters. The Morgan fingerprint density at radius 3 is 2.64 bits per heavy atom. The number of benzene rings is 1. The average molecular weight is 527 g/mol. The predicted molar refractivity (Wildman–Crippen MR) is 139 cm³/mol. The number of aromatic nitrogens is 1. The number of thiazole rings is 1. The number of ether oxygens (including phenoxy) is 1. The van der Waals surface area contributed by atoms with E-state index in [1.807, 2.05) is 25.1 Å². The lowest BCUT2D eigenvalue weighted by atomic mass is 9.87. The third-order valence-corrected chi connectivity index (χ3v) is 8.11. The molecule has 1 aromatic carbocycles. The van der Waals surface area contributed by atoms with Crippen LogP contribution in [-0.2, 0) is 14.4 Å². The Labute approximate surface area is 216 Å². The fourth-order valence-corrected chi connectivity index (χ4v) is 5.79. The molecule has 0 bridgehead atoms. The highest BCUT2D eigenvalue weighted by Crippen LogP contribution is 2.34. The zero-order valence-electron chi connectivity index (χ0n) is 19.7. The average Bonchev–Trinajstić information content (AvgIpc) is 3.53. The lowest BCUT2D eigenvalue weighted by Gasteiger charge is -2.27. The summed E-state index contributed by atoms with van der Waals surface area (Å²) < 4.78 is 6.08. The summed E-state index contributed by atoms with van der Waals surface area (Å²) in [5.41, 5.74) is 1.63. The van der Waals surface area contributed by atoms with E-state index in [1.54, 1.807) is 12.3 Å². The first-order chi connectivity index (χ1) is 17.3. The van der Waals surface area contributed by atoms with Crippen LogP contribution in [-0.4, -0.2) is 39.1 Å². The first-order valence-corrected chi connectivity index (χ1v) is 13.5. The van der Waals surface area contributed by atoms with Gasteiger partial charge in [-0.1, -0.05) is 11.3 Å². The maximum absolute atomic E-state index is 12.5. The third kappa shape index (κ3) is 5.96. The number of hydrogen-bond acceptors (Lipinski definition) is 8. The number of carbonyl (C=O) groups is 3. The van der Waals surface area contributed by atoms with E-state index in [-0.39, 0.29) is 29.8 Å². The van der Waals surface area contributed by atoms with E-state index in [0.29, 0.717) is 28.0 Å². The fraction of sp³-hybridized carbons (Fsp3) is 0.400. The van der Waals surface area contributed by atoms with Crippen LogP contribution in [0, 0.1) is 18.8 Å². The van der Waals surface area contributed by atoms with Crippen molar-refractivity contribution in [2.75, 3.05) is 5.32 Å². The highest BCUT2D eigenvalue weighted by Gasteiger charge is 2.30. The fourth-order valence-electron chi connectivity index (χ4n) is 4.13. The largest absolute Gasteiger partial charge is 0.490 e. The minimum atomic E-state index is -0.725. The third-order valence-electron chi connectivity index (χ3n) is 6.34. The van der Waals surface area contributed by atoms with Crippen molar-refractivity contribution in [3.05, 3.63) is 39.7 Å². The van der Waals surface area contributed by atoms with Gasteiger partial charge in [0, 0.05) is 12.1 Å². The van der Waals surface area contributed by atoms with E-state index in [0.717, 1.165) is 47.6 Å². The number of carboxylic acid groups (broad SMARTS) is 1. The lowest BCUT2D eigenvalue weighted by molar-refractivity contribution is -0.143. The Morgan fingerprint density at radius 2 is 1.94 bits per heavy atom. The number of amidine groups is 1. The van der Waals surface area contributed by atoms with Crippen molar-refractivity contribution in [3.63, 3.8) is 0 Å². The van der Waals surface area contributed by atoms with Gasteiger partial charge < -0.3 is 20.5 Å². The molecule has 2 aromatic rings. The molecule has 1 aromatic heterocycles. The van der Waals surface area contributed by atoms with E-state index < -0.39 is 5.97 Å². The van der Waals surface area contributed by atoms with Crippen molar-refractivity contribution in [1.29, 1.82) is 0 Å². The second-order valence-electron chi connectivity index (χ2n) is 9.19. The Balaban J connectivity index is 1.20. The summed E-state index contributed by atoms with van der Waals surface area (Å²) in [6.07, 6.45) is 7.98. The number of nitrogens with zero attached hydrogens (tertiary/aromatic N) is 2. The number of carbonyl (C=O) groups excluding carboxylic acids is 2. The van der Waals surface area contributed by atoms with Gasteiger partial charge in [0.1, 0.15) is 5.75 Å². The molecule has 9 nitrogen and oxygen atoms in total. The maximum atomic E-state index is 12.5. The minimum Gasteiger partial charge on any atom is -0.490 e. The first kappa shape index (κ1) is 24.5. The van der Waals surface area contributed by atoms with Gasteiger partial charge in [-0.3, -0.25) is 14.4 Å². The minimum absolute atomic E-state index is 0.00307. The van der Waals surface area contributed by atoms with Crippen molar-refractivity contribution in [2.45, 2.75) is 51.6 Å². The van der Waals surface area contributed by atoms with Gasteiger partial charge in [-0.2, -0.15) is 0 Å². The molecular weight excluding hydrogens is 500 g/mol. The van der Waals surface area contributed by atoms with Gasteiger partial charge in [0.15, 0.2) is 10.3 Å². The Morgan fingerprint density at radius 1 is 1.19 bits per heavy atom. The summed E-state index contributed by atoms with van der Waals surface area (Å²) in [6, 6.07) is 5.62. The highest BCUT2D eigenvalue weighted by atomic mass is 32.2. The molecule has 188 valence electrons. The van der Waals surface area contributed by atoms with Gasteiger partial charge in [-0.15, -0.1) is 0 Å². The van der Waals surface area contributed by atoms with Crippen molar-refractivity contribution in [3.8, 4) is 5.75 Å². The Bertz CT molecular complexity index is 1260. The molecule has 3 fully saturated rings. The number of nitrogens with one attached hydrogen (secondary N) is 2. The summed E-state index contributed by atoms with van der Waals surface area (Å²) in [6.45, 7) is 1.93. The Kier molecular flexibility index (Phi) is 7.10. The molecule has 0 spiro atoms. The van der Waals surface area contributed by atoms with Crippen LogP contribution in [0.4, 0.5) is 10.8 Å². The molecule has 0 radical (unpaired) electrons. The van der Waals surface area contributed by atoms with E-state index in [9.17, 15) is 14.4 Å². The molecule has 11 heteroatoms. The molecule has 2 aliphatic carbocycles. The normalized spacial score (nSPS) is 24.1. The van der Waals surface area contributed by atoms with Gasteiger partial charge in [-0.25, -0.2) is 9.98 Å². The molecule has 2 amide bonds. The van der Waals surface area contributed by atoms with Crippen LogP contribution in [0.15, 0.2) is 34.3 Å². The van der Waals surface area contributed by atoms with Gasteiger partial charge >= 0.3 is 5.97 Å². The number of aliphatic imine (C=N–C) groups is 1. The zero-order chi connectivity index (χ0) is 25.2. The number of thioether (sulfide) groups is 1. The summed E-state index contributed by atoms with van der Waals surface area (Å²) in [4.78, 5) is 45.6. The van der Waals surface area contributed by atoms with Crippen LogP contribution in [0.3, 0.4) is 0 Å². The zero-order valence-corrected chi connectivity index (χ0v) is 21.3. The molecule has 3 aliphatic rings. The van der Waals surface area contributed by atoms with Crippen LogP contribution in [0.2, 0.25) is 0 Å². The van der Waals surface area contributed by atoms with E-state index in [2.05, 4.69) is 20.6 Å². The monoisotopic (exact) mass is 526 g/mol. The van der Waals surface area contributed by atoms with Crippen LogP contribution >= 0.6 is 23.1 Å². The number of amides is 2. The number of anilines is 1. The smallest absolute Gasteiger partial charge is 0.306 e. The molecule has 3 N–H and O–H groups in total. The molecule has 2 heterocycles. The quantitative estimate of drug-likeness (QED) is 0.445. The van der Waals surface area contributed by atoms with Crippen molar-refractivity contribution >= 4 is 62.9 Å². The maximum Gasteiger partial charge on any atom is 0.306 e. The molecule has 36 heavy (non-hydrogen) atoms. The number of hydrogen-bond donors (Lipinski definition) is 3. The summed E-state index contributed by atoms with van der Waals surface area (Å²) in [5.74, 6) is -0.387. The van der Waals surface area contributed by atoms with E-state index in [4.69, 9.17) is 9.84 Å². The number of carboxylic acids is 1. The van der Waals surface area contributed by atoms with Crippen molar-refractivity contribution in [1.82, 2.24) is 10.3 Å². The number of aryl methyl sites for hydroxylation is 1. The number of rotatable bonds is 7. The Hall–Kier alpha value is -3.18. The summed E-state index contributed by atoms with van der Waals surface area (Å²) in [7, 11) is 0. The van der Waals surface area contributed by atoms with E-state index in [1.165, 1.54) is 23.1 Å².